The van der Waals surface area contributed by atoms with E-state index >= 15 is 0 Å². The smallest absolute Gasteiger partial charge is 0.260 e. The van der Waals surface area contributed by atoms with Crippen LogP contribution in [0.2, 0.25) is 0 Å². The third kappa shape index (κ3) is 3.43. The van der Waals surface area contributed by atoms with Crippen LogP contribution in [-0.4, -0.2) is 29.2 Å². The number of aromatic nitrogens is 2. The Morgan fingerprint density at radius 1 is 1.33 bits per heavy atom. The summed E-state index contributed by atoms with van der Waals surface area (Å²) in [6, 6.07) is 7.29. The summed E-state index contributed by atoms with van der Waals surface area (Å²) in [5, 5.41) is 0.114. The highest BCUT2D eigenvalue weighted by atomic mass is 32.2. The number of H-pyrrole nitrogens is 1. The van der Waals surface area contributed by atoms with Gasteiger partial charge in [0, 0.05) is 18.8 Å². The molecule has 0 aliphatic heterocycles. The number of imidazole rings is 1. The number of anilines is 1. The molecule has 2 rings (SSSR count). The highest BCUT2D eigenvalue weighted by molar-refractivity contribution is 7.89. The summed E-state index contributed by atoms with van der Waals surface area (Å²) in [6.07, 6.45) is 2.07. The molecule has 114 valence electrons. The van der Waals surface area contributed by atoms with Crippen LogP contribution in [0.25, 0.3) is 0 Å². The monoisotopic (exact) mass is 308 g/mol. The number of rotatable bonds is 6. The lowest BCUT2D eigenvalue weighted by molar-refractivity contribution is 0.404. The van der Waals surface area contributed by atoms with Crippen LogP contribution in [0.4, 0.5) is 5.69 Å². The molecular formula is C14H20N4O2S. The van der Waals surface area contributed by atoms with E-state index in [1.54, 1.807) is 13.0 Å². The maximum absolute atomic E-state index is 12.7. The number of aryl methyl sites for hydroxylation is 1. The van der Waals surface area contributed by atoms with Crippen molar-refractivity contribution in [2.45, 2.75) is 31.8 Å². The van der Waals surface area contributed by atoms with Crippen LogP contribution < -0.4 is 5.73 Å². The fraction of sp³-hybridized carbons (Fsp3) is 0.357. The third-order valence-electron chi connectivity index (χ3n) is 3.17. The minimum atomic E-state index is -3.60. The van der Waals surface area contributed by atoms with Gasteiger partial charge in [0.2, 0.25) is 0 Å². The lowest BCUT2D eigenvalue weighted by Gasteiger charge is -2.21. The Labute approximate surface area is 125 Å². The first-order valence-corrected chi connectivity index (χ1v) is 8.24. The second-order valence-electron chi connectivity index (χ2n) is 4.87. The SMILES string of the molecule is CCCN(Cc1ccccc1N)S(=O)(=O)c1cnc(C)[nH]1. The number of nitrogens with two attached hydrogens (primary N) is 1. The lowest BCUT2D eigenvalue weighted by atomic mass is 10.2. The van der Waals surface area contributed by atoms with Crippen LogP contribution in [0, 0.1) is 6.92 Å². The molecule has 0 fully saturated rings. The number of hydrogen-bond donors (Lipinski definition) is 2. The quantitative estimate of drug-likeness (QED) is 0.797. The van der Waals surface area contributed by atoms with Crippen molar-refractivity contribution in [2.24, 2.45) is 0 Å². The molecule has 1 aromatic heterocycles. The lowest BCUT2D eigenvalue weighted by Crippen LogP contribution is -2.32. The van der Waals surface area contributed by atoms with Crippen molar-refractivity contribution < 1.29 is 8.42 Å². The average molecular weight is 308 g/mol. The fourth-order valence-corrected chi connectivity index (χ4v) is 3.54. The number of nitrogens with one attached hydrogen (secondary N) is 1. The van der Waals surface area contributed by atoms with Crippen LogP contribution in [0.5, 0.6) is 0 Å². The van der Waals surface area contributed by atoms with Crippen LogP contribution >= 0.6 is 0 Å². The molecule has 21 heavy (non-hydrogen) atoms. The van der Waals surface area contributed by atoms with E-state index < -0.39 is 10.0 Å². The highest BCUT2D eigenvalue weighted by Crippen LogP contribution is 2.20. The Bertz CT molecular complexity index is 709. The van der Waals surface area contributed by atoms with Crippen molar-refractivity contribution in [2.75, 3.05) is 12.3 Å². The van der Waals surface area contributed by atoms with Crippen LogP contribution in [0.1, 0.15) is 24.7 Å². The van der Waals surface area contributed by atoms with E-state index in [2.05, 4.69) is 9.97 Å². The standard InChI is InChI=1S/C14H20N4O2S/c1-3-8-18(10-12-6-4-5-7-13(12)15)21(19,20)14-9-16-11(2)17-14/h4-7,9H,3,8,10,15H2,1-2H3,(H,16,17). The minimum absolute atomic E-state index is 0.114. The van der Waals surface area contributed by atoms with Crippen molar-refractivity contribution in [1.29, 1.82) is 0 Å². The van der Waals surface area contributed by atoms with E-state index in [1.165, 1.54) is 10.5 Å². The normalized spacial score (nSPS) is 12.0. The number of sulfonamides is 1. The van der Waals surface area contributed by atoms with Gasteiger partial charge in [0.05, 0.1) is 6.20 Å². The van der Waals surface area contributed by atoms with Gasteiger partial charge in [0.25, 0.3) is 10.0 Å². The Hall–Kier alpha value is -1.86. The van der Waals surface area contributed by atoms with Gasteiger partial charge in [-0.3, -0.25) is 0 Å². The van der Waals surface area contributed by atoms with E-state index in [0.29, 0.717) is 18.1 Å². The van der Waals surface area contributed by atoms with Gasteiger partial charge in [0.1, 0.15) is 5.82 Å². The second kappa shape index (κ2) is 6.28. The Balaban J connectivity index is 2.33. The van der Waals surface area contributed by atoms with Gasteiger partial charge in [-0.25, -0.2) is 13.4 Å². The number of para-hydroxylation sites is 1. The van der Waals surface area contributed by atoms with Crippen LogP contribution in [0.3, 0.4) is 0 Å². The van der Waals surface area contributed by atoms with Crippen molar-refractivity contribution in [1.82, 2.24) is 14.3 Å². The van der Waals surface area contributed by atoms with Gasteiger partial charge in [-0.05, 0) is 25.0 Å². The zero-order chi connectivity index (χ0) is 15.5. The molecule has 0 bridgehead atoms. The zero-order valence-electron chi connectivity index (χ0n) is 12.2. The number of nitrogens with zero attached hydrogens (tertiary/aromatic N) is 2. The number of nitrogen functional groups attached to an aromatic ring is 1. The first-order valence-electron chi connectivity index (χ1n) is 6.80. The van der Waals surface area contributed by atoms with Gasteiger partial charge < -0.3 is 10.7 Å². The molecule has 2 aromatic rings. The van der Waals surface area contributed by atoms with Crippen molar-refractivity contribution in [3.8, 4) is 0 Å². The maximum atomic E-state index is 12.7. The zero-order valence-corrected chi connectivity index (χ0v) is 13.0. The van der Waals surface area contributed by atoms with Crippen molar-refractivity contribution >= 4 is 15.7 Å². The summed E-state index contributed by atoms with van der Waals surface area (Å²) >= 11 is 0. The molecule has 1 aromatic carbocycles. The van der Waals surface area contributed by atoms with Gasteiger partial charge in [-0.15, -0.1) is 0 Å². The molecule has 0 aliphatic carbocycles. The first kappa shape index (κ1) is 15.5. The van der Waals surface area contributed by atoms with Crippen LogP contribution in [0.15, 0.2) is 35.5 Å². The van der Waals surface area contributed by atoms with Crippen LogP contribution in [-0.2, 0) is 16.6 Å². The third-order valence-corrected chi connectivity index (χ3v) is 4.93. The molecule has 0 unspecified atom stereocenters. The van der Waals surface area contributed by atoms with Gasteiger partial charge in [-0.1, -0.05) is 25.1 Å². The predicted molar refractivity (Wildman–Crippen MR) is 82.1 cm³/mol. The Morgan fingerprint density at radius 2 is 2.05 bits per heavy atom. The molecule has 0 radical (unpaired) electrons. The van der Waals surface area contributed by atoms with E-state index in [4.69, 9.17) is 5.73 Å². The van der Waals surface area contributed by atoms with Gasteiger partial charge >= 0.3 is 0 Å². The summed E-state index contributed by atoms with van der Waals surface area (Å²) in [5.74, 6) is 0.573. The molecule has 6 nitrogen and oxygen atoms in total. The van der Waals surface area contributed by atoms with Gasteiger partial charge in [-0.2, -0.15) is 4.31 Å². The molecule has 7 heteroatoms. The average Bonchev–Trinajstić information content (AvgIpc) is 2.88. The predicted octanol–water partition coefficient (Wildman–Crippen LogP) is 1.90. The topological polar surface area (TPSA) is 92.1 Å². The summed E-state index contributed by atoms with van der Waals surface area (Å²) in [5.41, 5.74) is 7.30. The van der Waals surface area contributed by atoms with E-state index in [9.17, 15) is 8.42 Å². The molecule has 0 saturated heterocycles. The summed E-state index contributed by atoms with van der Waals surface area (Å²) in [6.45, 7) is 4.34. The molecule has 1 heterocycles. The molecule has 0 spiro atoms. The molecule has 0 aliphatic rings. The number of benzene rings is 1. The molecule has 0 saturated carbocycles. The van der Waals surface area contributed by atoms with E-state index in [1.807, 2.05) is 25.1 Å². The molecular weight excluding hydrogens is 288 g/mol. The van der Waals surface area contributed by atoms with Crippen molar-refractivity contribution in [3.63, 3.8) is 0 Å². The first-order chi connectivity index (χ1) is 9.95. The highest BCUT2D eigenvalue weighted by Gasteiger charge is 2.26. The van der Waals surface area contributed by atoms with E-state index in [0.717, 1.165) is 12.0 Å². The Kier molecular flexibility index (Phi) is 4.64. The molecule has 0 atom stereocenters. The maximum Gasteiger partial charge on any atom is 0.260 e. The minimum Gasteiger partial charge on any atom is -0.398 e. The summed E-state index contributed by atoms with van der Waals surface area (Å²) in [7, 11) is -3.60. The Morgan fingerprint density at radius 3 is 2.62 bits per heavy atom. The molecule has 3 N–H and O–H groups in total. The van der Waals surface area contributed by atoms with E-state index in [-0.39, 0.29) is 11.6 Å². The fourth-order valence-electron chi connectivity index (χ4n) is 2.07. The van der Waals surface area contributed by atoms with Gasteiger partial charge in [0.15, 0.2) is 5.03 Å². The van der Waals surface area contributed by atoms with Crippen molar-refractivity contribution in [3.05, 3.63) is 41.9 Å². The summed E-state index contributed by atoms with van der Waals surface area (Å²) in [4.78, 5) is 6.75. The molecule has 0 amide bonds. The number of hydrogen-bond acceptors (Lipinski definition) is 4. The summed E-state index contributed by atoms with van der Waals surface area (Å²) < 4.78 is 26.8. The second-order valence-corrected chi connectivity index (χ2v) is 6.78. The number of aromatic amines is 1. The largest absolute Gasteiger partial charge is 0.398 e.